The standard InChI is InChI=1S/C12H8F3NO/c13-12(14,15)17-11-3-1-2-10(8-11)9-4-6-16-7-5-9/h1-8H. The molecule has 0 fully saturated rings. The number of alkyl halides is 3. The van der Waals surface area contributed by atoms with Crippen LogP contribution < -0.4 is 4.74 Å². The summed E-state index contributed by atoms with van der Waals surface area (Å²) in [7, 11) is 0. The van der Waals surface area contributed by atoms with E-state index in [9.17, 15) is 13.2 Å². The Labute approximate surface area is 95.7 Å². The van der Waals surface area contributed by atoms with Gasteiger partial charge in [-0.25, -0.2) is 0 Å². The molecular weight excluding hydrogens is 231 g/mol. The van der Waals surface area contributed by atoms with E-state index in [0.717, 1.165) is 5.56 Å². The third-order valence-electron chi connectivity index (χ3n) is 2.08. The first-order chi connectivity index (χ1) is 8.04. The summed E-state index contributed by atoms with van der Waals surface area (Å²) in [6.07, 6.45) is -1.52. The first-order valence-corrected chi connectivity index (χ1v) is 4.81. The number of rotatable bonds is 2. The molecule has 88 valence electrons. The van der Waals surface area contributed by atoms with Gasteiger partial charge in [0.05, 0.1) is 0 Å². The molecule has 1 aromatic heterocycles. The lowest BCUT2D eigenvalue weighted by Gasteiger charge is -2.09. The van der Waals surface area contributed by atoms with E-state index in [0.29, 0.717) is 5.56 Å². The SMILES string of the molecule is FC(F)(F)Oc1cccc(-c2ccncc2)c1. The van der Waals surface area contributed by atoms with Crippen LogP contribution in [0.25, 0.3) is 11.1 Å². The number of pyridine rings is 1. The van der Waals surface area contributed by atoms with Crippen LogP contribution in [0, 0.1) is 0 Å². The number of halogens is 3. The van der Waals surface area contributed by atoms with E-state index >= 15 is 0 Å². The summed E-state index contributed by atoms with van der Waals surface area (Å²) >= 11 is 0. The van der Waals surface area contributed by atoms with E-state index in [1.54, 1.807) is 30.6 Å². The molecule has 0 aliphatic heterocycles. The lowest BCUT2D eigenvalue weighted by molar-refractivity contribution is -0.274. The van der Waals surface area contributed by atoms with Crippen molar-refractivity contribution in [3.8, 4) is 16.9 Å². The minimum absolute atomic E-state index is 0.230. The minimum atomic E-state index is -4.67. The van der Waals surface area contributed by atoms with E-state index < -0.39 is 6.36 Å². The summed E-state index contributed by atoms with van der Waals surface area (Å²) in [5.41, 5.74) is 1.43. The molecule has 0 unspecified atom stereocenters. The predicted octanol–water partition coefficient (Wildman–Crippen LogP) is 3.65. The average Bonchev–Trinajstić information content (AvgIpc) is 2.28. The number of aromatic nitrogens is 1. The van der Waals surface area contributed by atoms with Crippen LogP contribution in [-0.2, 0) is 0 Å². The third-order valence-corrected chi connectivity index (χ3v) is 2.08. The second kappa shape index (κ2) is 4.45. The molecule has 0 aliphatic carbocycles. The van der Waals surface area contributed by atoms with Crippen molar-refractivity contribution in [2.24, 2.45) is 0 Å². The fraction of sp³-hybridized carbons (Fsp3) is 0.0833. The molecule has 2 aromatic rings. The van der Waals surface area contributed by atoms with Gasteiger partial charge in [-0.05, 0) is 35.4 Å². The summed E-state index contributed by atoms with van der Waals surface area (Å²) in [6.45, 7) is 0. The van der Waals surface area contributed by atoms with Gasteiger partial charge in [-0.15, -0.1) is 13.2 Å². The van der Waals surface area contributed by atoms with Gasteiger partial charge in [0.2, 0.25) is 0 Å². The molecule has 0 saturated carbocycles. The normalized spacial score (nSPS) is 11.2. The monoisotopic (exact) mass is 239 g/mol. The highest BCUT2D eigenvalue weighted by Gasteiger charge is 2.31. The van der Waals surface area contributed by atoms with Crippen molar-refractivity contribution >= 4 is 0 Å². The molecule has 0 amide bonds. The predicted molar refractivity (Wildman–Crippen MR) is 56.4 cm³/mol. The zero-order valence-corrected chi connectivity index (χ0v) is 8.61. The van der Waals surface area contributed by atoms with Crippen molar-refractivity contribution in [3.63, 3.8) is 0 Å². The molecule has 1 aromatic carbocycles. The van der Waals surface area contributed by atoms with Gasteiger partial charge < -0.3 is 4.74 Å². The molecule has 0 saturated heterocycles. The third kappa shape index (κ3) is 3.21. The zero-order chi connectivity index (χ0) is 12.3. The molecule has 2 rings (SSSR count). The molecule has 0 aliphatic rings. The number of hydrogen-bond donors (Lipinski definition) is 0. The molecule has 5 heteroatoms. The Balaban J connectivity index is 2.29. The van der Waals surface area contributed by atoms with E-state index in [-0.39, 0.29) is 5.75 Å². The van der Waals surface area contributed by atoms with Crippen molar-refractivity contribution < 1.29 is 17.9 Å². The number of hydrogen-bond acceptors (Lipinski definition) is 2. The molecule has 0 bridgehead atoms. The number of benzene rings is 1. The van der Waals surface area contributed by atoms with Crippen molar-refractivity contribution in [3.05, 3.63) is 48.8 Å². The van der Waals surface area contributed by atoms with E-state index in [4.69, 9.17) is 0 Å². The van der Waals surface area contributed by atoms with Gasteiger partial charge >= 0.3 is 6.36 Å². The topological polar surface area (TPSA) is 22.1 Å². The van der Waals surface area contributed by atoms with Gasteiger partial charge in [0.15, 0.2) is 0 Å². The van der Waals surface area contributed by atoms with E-state index in [1.165, 1.54) is 18.2 Å². The Bertz CT molecular complexity index is 497. The van der Waals surface area contributed by atoms with E-state index in [1.807, 2.05) is 0 Å². The maximum atomic E-state index is 12.0. The number of nitrogens with zero attached hydrogens (tertiary/aromatic N) is 1. The summed E-state index contributed by atoms with van der Waals surface area (Å²) in [5.74, 6) is -0.230. The highest BCUT2D eigenvalue weighted by atomic mass is 19.4. The Hall–Kier alpha value is -2.04. The lowest BCUT2D eigenvalue weighted by atomic mass is 10.1. The molecule has 0 N–H and O–H groups in total. The van der Waals surface area contributed by atoms with Gasteiger partial charge in [0, 0.05) is 12.4 Å². The van der Waals surface area contributed by atoms with Gasteiger partial charge in [-0.3, -0.25) is 4.98 Å². The maximum absolute atomic E-state index is 12.0. The highest BCUT2D eigenvalue weighted by Crippen LogP contribution is 2.27. The van der Waals surface area contributed by atoms with Gasteiger partial charge in [0.25, 0.3) is 0 Å². The van der Waals surface area contributed by atoms with Crippen LogP contribution in [0.2, 0.25) is 0 Å². The van der Waals surface area contributed by atoms with E-state index in [2.05, 4.69) is 9.72 Å². The van der Waals surface area contributed by atoms with Crippen LogP contribution in [0.15, 0.2) is 48.8 Å². The van der Waals surface area contributed by atoms with Crippen LogP contribution in [0.5, 0.6) is 5.75 Å². The summed E-state index contributed by atoms with van der Waals surface area (Å²) in [4.78, 5) is 3.84. The second-order valence-electron chi connectivity index (χ2n) is 3.31. The van der Waals surface area contributed by atoms with Crippen LogP contribution in [0.3, 0.4) is 0 Å². The maximum Gasteiger partial charge on any atom is 0.573 e. The summed E-state index contributed by atoms with van der Waals surface area (Å²) < 4.78 is 40.0. The van der Waals surface area contributed by atoms with Crippen molar-refractivity contribution in [2.45, 2.75) is 6.36 Å². The summed E-state index contributed by atoms with van der Waals surface area (Å²) in [5, 5.41) is 0. The first kappa shape index (κ1) is 11.4. The van der Waals surface area contributed by atoms with Crippen LogP contribution in [-0.4, -0.2) is 11.3 Å². The number of ether oxygens (including phenoxy) is 1. The Morgan fingerprint density at radius 1 is 0.941 bits per heavy atom. The minimum Gasteiger partial charge on any atom is -0.406 e. The van der Waals surface area contributed by atoms with Crippen LogP contribution in [0.1, 0.15) is 0 Å². The Kier molecular flexibility index (Phi) is 2.99. The van der Waals surface area contributed by atoms with Gasteiger partial charge in [-0.2, -0.15) is 0 Å². The van der Waals surface area contributed by atoms with Crippen molar-refractivity contribution in [1.82, 2.24) is 4.98 Å². The first-order valence-electron chi connectivity index (χ1n) is 4.81. The zero-order valence-electron chi connectivity index (χ0n) is 8.61. The second-order valence-corrected chi connectivity index (χ2v) is 3.31. The van der Waals surface area contributed by atoms with Crippen LogP contribution in [0.4, 0.5) is 13.2 Å². The molecule has 17 heavy (non-hydrogen) atoms. The molecular formula is C12H8F3NO. The van der Waals surface area contributed by atoms with Crippen molar-refractivity contribution in [1.29, 1.82) is 0 Å². The largest absolute Gasteiger partial charge is 0.573 e. The quantitative estimate of drug-likeness (QED) is 0.798. The molecule has 0 spiro atoms. The fourth-order valence-corrected chi connectivity index (χ4v) is 1.42. The molecule has 1 heterocycles. The molecule has 0 atom stereocenters. The van der Waals surface area contributed by atoms with Gasteiger partial charge in [-0.1, -0.05) is 12.1 Å². The van der Waals surface area contributed by atoms with Crippen LogP contribution >= 0.6 is 0 Å². The smallest absolute Gasteiger partial charge is 0.406 e. The van der Waals surface area contributed by atoms with Crippen molar-refractivity contribution in [2.75, 3.05) is 0 Å². The lowest BCUT2D eigenvalue weighted by Crippen LogP contribution is -2.17. The molecule has 0 radical (unpaired) electrons. The summed E-state index contributed by atoms with van der Waals surface area (Å²) in [6, 6.07) is 9.25. The fourth-order valence-electron chi connectivity index (χ4n) is 1.42. The Morgan fingerprint density at radius 3 is 2.29 bits per heavy atom. The Morgan fingerprint density at radius 2 is 1.65 bits per heavy atom. The highest BCUT2D eigenvalue weighted by molar-refractivity contribution is 5.64. The molecule has 2 nitrogen and oxygen atoms in total. The average molecular weight is 239 g/mol. The van der Waals surface area contributed by atoms with Gasteiger partial charge in [0.1, 0.15) is 5.75 Å².